The molecule has 0 N–H and O–H groups in total. The number of carbonyl (C=O) groups is 1. The summed E-state index contributed by atoms with van der Waals surface area (Å²) in [5.74, 6) is 2.22. The van der Waals surface area contributed by atoms with Crippen LogP contribution in [0.5, 0.6) is 23.0 Å². The highest BCUT2D eigenvalue weighted by Crippen LogP contribution is 2.52. The molecule has 4 aromatic carbocycles. The molecule has 8 nitrogen and oxygen atoms in total. The third-order valence-corrected chi connectivity index (χ3v) is 10.9. The van der Waals surface area contributed by atoms with Crippen LogP contribution in [0.25, 0.3) is 33.1 Å². The van der Waals surface area contributed by atoms with Crippen LogP contribution in [-0.4, -0.2) is 26.5 Å². The highest BCUT2D eigenvalue weighted by molar-refractivity contribution is 7.32. The fourth-order valence-corrected chi connectivity index (χ4v) is 8.49. The molecule has 9 heteroatoms. The quantitative estimate of drug-likeness (QED) is 0.108. The van der Waals surface area contributed by atoms with Gasteiger partial charge in [0.1, 0.15) is 40.3 Å². The fraction of sp³-hybridized carbons (Fsp3) is 0.457. The van der Waals surface area contributed by atoms with Gasteiger partial charge in [0.15, 0.2) is 0 Å². The number of fused-ring (bicyclic) bond motifs is 3. The lowest BCUT2D eigenvalue weighted by molar-refractivity contribution is 0.0141. The maximum absolute atomic E-state index is 13.8. The minimum Gasteiger partial charge on any atom is -0.497 e. The Balaban J connectivity index is 1.89. The smallest absolute Gasteiger partial charge is 0.497 e. The molecule has 0 fully saturated rings. The Morgan fingerprint density at radius 1 is 0.618 bits per heavy atom. The molecular weight excluding hydrogens is 711 g/mol. The first-order valence-corrected chi connectivity index (χ1v) is 20.1. The number of methoxy groups -OCH3 is 2. The Morgan fingerprint density at radius 2 is 1.04 bits per heavy atom. The van der Waals surface area contributed by atoms with Gasteiger partial charge in [-0.15, -0.1) is 0 Å². The summed E-state index contributed by atoms with van der Waals surface area (Å²) in [7, 11) is 1.18. The average Bonchev–Trinajstić information content (AvgIpc) is 3.23. The number of rotatable bonds is 9. The largest absolute Gasteiger partial charge is 0.514 e. The summed E-state index contributed by atoms with van der Waals surface area (Å²) in [4.78, 5) is 13.8. The molecule has 0 unspecified atom stereocenters. The first-order chi connectivity index (χ1) is 25.6. The lowest BCUT2D eigenvalue weighted by Gasteiger charge is -2.29. The van der Waals surface area contributed by atoms with Crippen LogP contribution < -0.4 is 18.7 Å². The Kier molecular flexibility index (Phi) is 12.0. The van der Waals surface area contributed by atoms with Gasteiger partial charge in [0, 0.05) is 33.0 Å². The maximum atomic E-state index is 13.8. The molecule has 0 spiro atoms. The monoisotopic (exact) mass is 770 g/mol. The zero-order valence-corrected chi connectivity index (χ0v) is 36.5. The van der Waals surface area contributed by atoms with E-state index in [-0.39, 0.29) is 17.9 Å². The van der Waals surface area contributed by atoms with Gasteiger partial charge in [-0.25, -0.2) is 4.79 Å². The van der Waals surface area contributed by atoms with Crippen LogP contribution in [0, 0.1) is 39.5 Å². The van der Waals surface area contributed by atoms with E-state index >= 15 is 0 Å². The van der Waals surface area contributed by atoms with Gasteiger partial charge >= 0.3 is 14.4 Å². The first kappa shape index (κ1) is 41.6. The van der Waals surface area contributed by atoms with Crippen LogP contribution in [-0.2, 0) is 15.6 Å². The van der Waals surface area contributed by atoms with Crippen LogP contribution in [0.15, 0.2) is 56.9 Å². The highest BCUT2D eigenvalue weighted by Gasteiger charge is 2.33. The summed E-state index contributed by atoms with van der Waals surface area (Å²) in [5, 5.41) is 1.91. The third kappa shape index (κ3) is 8.96. The van der Waals surface area contributed by atoms with Crippen molar-refractivity contribution < 1.29 is 36.7 Å². The SMILES string of the molecule is COc1cc(-c2cc(OC)cc(C(C)(C)C)c2Op2oc3c(C)cc(C)cc3c3cc(C)cc(C)c3o2)c(OC(=O)OC(C(C)C)C(C)C)c(C(C)(C)C)c1. The zero-order chi connectivity index (χ0) is 40.7. The Labute approximate surface area is 328 Å². The molecule has 1 heterocycles. The van der Waals surface area contributed by atoms with E-state index in [0.717, 1.165) is 44.2 Å². The van der Waals surface area contributed by atoms with E-state index in [1.54, 1.807) is 14.2 Å². The van der Waals surface area contributed by atoms with Crippen LogP contribution in [0.1, 0.15) is 103 Å². The summed E-state index contributed by atoms with van der Waals surface area (Å²) < 4.78 is 44.9. The highest BCUT2D eigenvalue weighted by atomic mass is 31.1. The predicted molar refractivity (Wildman–Crippen MR) is 224 cm³/mol. The third-order valence-electron chi connectivity index (χ3n) is 9.86. The molecule has 0 aliphatic carbocycles. The minimum absolute atomic E-state index is 0.0926. The number of aryl methyl sites for hydroxylation is 4. The number of benzene rings is 4. The molecule has 0 amide bonds. The van der Waals surface area contributed by atoms with Gasteiger partial charge in [0.05, 0.1) is 14.2 Å². The molecule has 1 aromatic heterocycles. The van der Waals surface area contributed by atoms with Crippen LogP contribution in [0.4, 0.5) is 4.79 Å². The van der Waals surface area contributed by atoms with E-state index < -0.39 is 25.2 Å². The molecule has 0 aliphatic heterocycles. The van der Waals surface area contributed by atoms with Gasteiger partial charge in [-0.1, -0.05) is 81.4 Å². The van der Waals surface area contributed by atoms with E-state index in [4.69, 9.17) is 31.9 Å². The molecule has 0 atom stereocenters. The molecule has 296 valence electrons. The molecule has 0 bridgehead atoms. The summed E-state index contributed by atoms with van der Waals surface area (Å²) in [6.45, 7) is 28.9. The van der Waals surface area contributed by atoms with Gasteiger partial charge in [-0.05, 0) is 109 Å². The van der Waals surface area contributed by atoms with E-state index in [1.807, 2.05) is 65.8 Å². The van der Waals surface area contributed by atoms with Crippen molar-refractivity contribution in [3.63, 3.8) is 0 Å². The number of hydrogen-bond acceptors (Lipinski definition) is 8. The van der Waals surface area contributed by atoms with Crippen molar-refractivity contribution in [2.24, 2.45) is 11.8 Å². The van der Waals surface area contributed by atoms with Crippen molar-refractivity contribution in [1.29, 1.82) is 0 Å². The zero-order valence-electron chi connectivity index (χ0n) is 35.6. The van der Waals surface area contributed by atoms with Crippen molar-refractivity contribution in [3.8, 4) is 34.1 Å². The van der Waals surface area contributed by atoms with Gasteiger partial charge in [0.25, 0.3) is 0 Å². The van der Waals surface area contributed by atoms with Crippen molar-refractivity contribution in [3.05, 3.63) is 81.9 Å². The topological polar surface area (TPSA) is 89.5 Å². The first-order valence-electron chi connectivity index (χ1n) is 19.0. The second-order valence-electron chi connectivity index (χ2n) is 17.4. The Hall–Kier alpha value is -4.55. The van der Waals surface area contributed by atoms with Crippen molar-refractivity contribution in [2.75, 3.05) is 14.2 Å². The van der Waals surface area contributed by atoms with E-state index in [2.05, 4.69) is 79.7 Å². The maximum Gasteiger partial charge on any atom is 0.514 e. The summed E-state index contributed by atoms with van der Waals surface area (Å²) >= 11 is 0. The molecule has 5 aromatic rings. The molecular formula is C46H59O8P. The average molecular weight is 771 g/mol. The minimum atomic E-state index is -2.08. The molecule has 0 aliphatic rings. The summed E-state index contributed by atoms with van der Waals surface area (Å²) in [6, 6.07) is 16.1. The number of carbonyl (C=O) groups excluding carboxylic acids is 1. The lowest BCUT2D eigenvalue weighted by atomic mass is 9.81. The number of hydrogen-bond donors (Lipinski definition) is 0. The van der Waals surface area contributed by atoms with Gasteiger partial charge in [-0.2, -0.15) is 0 Å². The molecule has 5 rings (SSSR count). The van der Waals surface area contributed by atoms with Gasteiger partial charge in [-0.3, -0.25) is 0 Å². The molecule has 55 heavy (non-hydrogen) atoms. The standard InChI is InChI=1S/C46H59O8P/c1-25(2)39(26(3)4)50-44(47)51-42-35(21-31(48-15)23-37(42)45(9,10)11)36-22-32(49-16)24-38(46(12,13)14)43(36)54-55-52-40-29(7)17-27(5)19-33(40)34-20-28(6)18-30(8)41(34)53-55/h17-26,39H,1-16H3. The van der Waals surface area contributed by atoms with Gasteiger partial charge in [0.2, 0.25) is 0 Å². The van der Waals surface area contributed by atoms with Crippen molar-refractivity contribution in [1.82, 2.24) is 0 Å². The summed E-state index contributed by atoms with van der Waals surface area (Å²) in [6.07, 6.45) is -1.12. The van der Waals surface area contributed by atoms with Gasteiger partial charge < -0.3 is 31.9 Å². The second kappa shape index (κ2) is 15.9. The normalized spacial score (nSPS) is 12.2. The molecule has 0 saturated carbocycles. The number of ether oxygens (including phenoxy) is 4. The fourth-order valence-electron chi connectivity index (χ4n) is 7.25. The van der Waals surface area contributed by atoms with E-state index in [9.17, 15) is 4.79 Å². The van der Waals surface area contributed by atoms with Crippen LogP contribution in [0.3, 0.4) is 0 Å². The van der Waals surface area contributed by atoms with Crippen LogP contribution in [0.2, 0.25) is 0 Å². The Bertz CT molecular complexity index is 2190. The van der Waals surface area contributed by atoms with E-state index in [0.29, 0.717) is 45.3 Å². The Morgan fingerprint density at radius 3 is 1.44 bits per heavy atom. The second-order valence-corrected chi connectivity index (χ2v) is 18.4. The predicted octanol–water partition coefficient (Wildman–Crippen LogP) is 13.8. The van der Waals surface area contributed by atoms with E-state index in [1.165, 1.54) is 0 Å². The summed E-state index contributed by atoms with van der Waals surface area (Å²) in [5.41, 5.74) is 7.47. The van der Waals surface area contributed by atoms with Crippen molar-refractivity contribution in [2.45, 2.75) is 114 Å². The lowest BCUT2D eigenvalue weighted by Crippen LogP contribution is -2.30. The molecule has 0 radical (unpaired) electrons. The van der Waals surface area contributed by atoms with Crippen molar-refractivity contribution >= 4 is 36.3 Å². The van der Waals surface area contributed by atoms with Crippen LogP contribution >= 0.6 is 8.24 Å². The molecule has 0 saturated heterocycles.